The summed E-state index contributed by atoms with van der Waals surface area (Å²) < 4.78 is 0. The lowest BCUT2D eigenvalue weighted by Crippen LogP contribution is -2.21. The highest BCUT2D eigenvalue weighted by molar-refractivity contribution is 5.24. The third-order valence-electron chi connectivity index (χ3n) is 2.89. The van der Waals surface area contributed by atoms with Crippen molar-refractivity contribution in [1.82, 2.24) is 15.3 Å². The van der Waals surface area contributed by atoms with Crippen molar-refractivity contribution < 1.29 is 5.11 Å². The topological polar surface area (TPSA) is 70.1 Å². The van der Waals surface area contributed by atoms with Crippen LogP contribution in [-0.4, -0.2) is 28.2 Å². The predicted octanol–water partition coefficient (Wildman–Crippen LogP) is 1.73. The van der Waals surface area contributed by atoms with Crippen molar-refractivity contribution in [2.45, 2.75) is 19.6 Å². The molecule has 106 valence electrons. The number of anilines is 1. The standard InChI is InChI=1S/C15H20N4O/c1-2-17-15-18-9-12(10-19-15)8-16-11-14(20)13-6-4-3-5-7-13/h3-7,9-10,14,16,20H,2,8,11H2,1H3,(H,17,18,19)/t14-/m0/s1. The maximum absolute atomic E-state index is 10.0. The minimum atomic E-state index is -0.502. The molecule has 0 aliphatic carbocycles. The van der Waals surface area contributed by atoms with Gasteiger partial charge in [0.2, 0.25) is 5.95 Å². The summed E-state index contributed by atoms with van der Waals surface area (Å²) >= 11 is 0. The molecular weight excluding hydrogens is 252 g/mol. The van der Waals surface area contributed by atoms with Crippen LogP contribution in [0.1, 0.15) is 24.2 Å². The molecule has 0 spiro atoms. The first-order chi connectivity index (χ1) is 9.79. The number of hydrogen-bond acceptors (Lipinski definition) is 5. The number of aliphatic hydroxyl groups excluding tert-OH is 1. The molecule has 0 bridgehead atoms. The molecule has 5 nitrogen and oxygen atoms in total. The molecular formula is C15H20N4O. The van der Waals surface area contributed by atoms with Crippen LogP contribution in [0.4, 0.5) is 5.95 Å². The second-order valence-electron chi connectivity index (χ2n) is 4.50. The van der Waals surface area contributed by atoms with E-state index in [1.54, 1.807) is 12.4 Å². The molecule has 1 aromatic heterocycles. The number of hydrogen-bond donors (Lipinski definition) is 3. The van der Waals surface area contributed by atoms with Crippen molar-refractivity contribution in [3.8, 4) is 0 Å². The maximum Gasteiger partial charge on any atom is 0.222 e. The molecule has 1 heterocycles. The molecule has 5 heteroatoms. The molecule has 20 heavy (non-hydrogen) atoms. The lowest BCUT2D eigenvalue weighted by molar-refractivity contribution is 0.174. The SMILES string of the molecule is CCNc1ncc(CNC[C@H](O)c2ccccc2)cn1. The van der Waals surface area contributed by atoms with E-state index in [1.807, 2.05) is 37.3 Å². The summed E-state index contributed by atoms with van der Waals surface area (Å²) in [5, 5.41) is 16.3. The predicted molar refractivity (Wildman–Crippen MR) is 79.3 cm³/mol. The minimum absolute atomic E-state index is 0.499. The number of rotatable bonds is 7. The Bertz CT molecular complexity index is 501. The van der Waals surface area contributed by atoms with Gasteiger partial charge < -0.3 is 15.7 Å². The van der Waals surface area contributed by atoms with E-state index in [9.17, 15) is 5.11 Å². The second-order valence-corrected chi connectivity index (χ2v) is 4.50. The molecule has 1 atom stereocenters. The highest BCUT2D eigenvalue weighted by Crippen LogP contribution is 2.10. The Labute approximate surface area is 119 Å². The van der Waals surface area contributed by atoms with Crippen molar-refractivity contribution in [2.24, 2.45) is 0 Å². The third-order valence-corrected chi connectivity index (χ3v) is 2.89. The molecule has 0 radical (unpaired) electrons. The zero-order chi connectivity index (χ0) is 14.2. The van der Waals surface area contributed by atoms with Gasteiger partial charge in [-0.15, -0.1) is 0 Å². The minimum Gasteiger partial charge on any atom is -0.387 e. The average molecular weight is 272 g/mol. The molecule has 0 unspecified atom stereocenters. The van der Waals surface area contributed by atoms with E-state index < -0.39 is 6.10 Å². The molecule has 3 N–H and O–H groups in total. The van der Waals surface area contributed by atoms with Gasteiger partial charge in [0, 0.05) is 37.6 Å². The van der Waals surface area contributed by atoms with E-state index >= 15 is 0 Å². The fourth-order valence-corrected chi connectivity index (χ4v) is 1.84. The number of nitrogens with one attached hydrogen (secondary N) is 2. The van der Waals surface area contributed by atoms with Gasteiger partial charge in [0.05, 0.1) is 6.10 Å². The summed E-state index contributed by atoms with van der Waals surface area (Å²) in [6.45, 7) is 3.94. The van der Waals surface area contributed by atoms with Crippen LogP contribution in [0.2, 0.25) is 0 Å². The third kappa shape index (κ3) is 4.29. The van der Waals surface area contributed by atoms with E-state index in [0.717, 1.165) is 17.7 Å². The Kier molecular flexibility index (Phi) is 5.46. The summed E-state index contributed by atoms with van der Waals surface area (Å²) in [7, 11) is 0. The summed E-state index contributed by atoms with van der Waals surface area (Å²) in [5.74, 6) is 0.639. The van der Waals surface area contributed by atoms with Crippen LogP contribution < -0.4 is 10.6 Å². The largest absolute Gasteiger partial charge is 0.387 e. The van der Waals surface area contributed by atoms with E-state index in [0.29, 0.717) is 19.0 Å². The molecule has 2 rings (SSSR count). The van der Waals surface area contributed by atoms with Crippen LogP contribution in [0.15, 0.2) is 42.7 Å². The van der Waals surface area contributed by atoms with Gasteiger partial charge in [0.15, 0.2) is 0 Å². The Morgan fingerprint density at radius 1 is 1.15 bits per heavy atom. The maximum atomic E-state index is 10.0. The Balaban J connectivity index is 1.78. The van der Waals surface area contributed by atoms with Gasteiger partial charge in [-0.05, 0) is 12.5 Å². The zero-order valence-electron chi connectivity index (χ0n) is 11.6. The number of aliphatic hydroxyl groups is 1. The highest BCUT2D eigenvalue weighted by Gasteiger charge is 2.06. The van der Waals surface area contributed by atoms with Gasteiger partial charge in [0.25, 0.3) is 0 Å². The summed E-state index contributed by atoms with van der Waals surface area (Å²) in [6, 6.07) is 9.62. The molecule has 0 fully saturated rings. The van der Waals surface area contributed by atoms with Gasteiger partial charge in [-0.2, -0.15) is 0 Å². The van der Waals surface area contributed by atoms with Crippen LogP contribution >= 0.6 is 0 Å². The lowest BCUT2D eigenvalue weighted by Gasteiger charge is -2.12. The van der Waals surface area contributed by atoms with E-state index in [1.165, 1.54) is 0 Å². The molecule has 2 aromatic rings. The first-order valence-electron chi connectivity index (χ1n) is 6.78. The fraction of sp³-hybridized carbons (Fsp3) is 0.333. The van der Waals surface area contributed by atoms with Crippen molar-refractivity contribution in [1.29, 1.82) is 0 Å². The smallest absolute Gasteiger partial charge is 0.222 e. The van der Waals surface area contributed by atoms with Crippen LogP contribution in [-0.2, 0) is 6.54 Å². The number of benzene rings is 1. The first-order valence-corrected chi connectivity index (χ1v) is 6.78. The van der Waals surface area contributed by atoms with E-state index in [-0.39, 0.29) is 0 Å². The van der Waals surface area contributed by atoms with Gasteiger partial charge in [0.1, 0.15) is 0 Å². The van der Waals surface area contributed by atoms with Crippen LogP contribution in [0.25, 0.3) is 0 Å². The van der Waals surface area contributed by atoms with Crippen molar-refractivity contribution in [3.05, 3.63) is 53.9 Å². The molecule has 0 amide bonds. The summed E-state index contributed by atoms with van der Waals surface area (Å²) in [6.07, 6.45) is 3.07. The number of nitrogens with zero attached hydrogens (tertiary/aromatic N) is 2. The van der Waals surface area contributed by atoms with Gasteiger partial charge in [-0.3, -0.25) is 0 Å². The Morgan fingerprint density at radius 2 is 1.85 bits per heavy atom. The van der Waals surface area contributed by atoms with Crippen LogP contribution in [0.3, 0.4) is 0 Å². The Morgan fingerprint density at radius 3 is 2.50 bits per heavy atom. The monoisotopic (exact) mass is 272 g/mol. The summed E-state index contributed by atoms with van der Waals surface area (Å²) in [5.41, 5.74) is 1.91. The highest BCUT2D eigenvalue weighted by atomic mass is 16.3. The van der Waals surface area contributed by atoms with E-state index in [2.05, 4.69) is 20.6 Å². The summed E-state index contributed by atoms with van der Waals surface area (Å²) in [4.78, 5) is 8.40. The average Bonchev–Trinajstić information content (AvgIpc) is 2.50. The number of aromatic nitrogens is 2. The van der Waals surface area contributed by atoms with Crippen molar-refractivity contribution >= 4 is 5.95 Å². The van der Waals surface area contributed by atoms with Gasteiger partial charge in [-0.25, -0.2) is 9.97 Å². The molecule has 0 aliphatic rings. The van der Waals surface area contributed by atoms with Gasteiger partial charge in [-0.1, -0.05) is 30.3 Å². The fourth-order valence-electron chi connectivity index (χ4n) is 1.84. The molecule has 1 aromatic carbocycles. The zero-order valence-corrected chi connectivity index (χ0v) is 11.6. The second kappa shape index (κ2) is 7.57. The van der Waals surface area contributed by atoms with Gasteiger partial charge >= 0.3 is 0 Å². The molecule has 0 saturated carbocycles. The molecule has 0 aliphatic heterocycles. The first kappa shape index (κ1) is 14.4. The molecule has 0 saturated heterocycles. The lowest BCUT2D eigenvalue weighted by atomic mass is 10.1. The Hall–Kier alpha value is -1.98. The quantitative estimate of drug-likeness (QED) is 0.716. The van der Waals surface area contributed by atoms with E-state index in [4.69, 9.17) is 0 Å². The van der Waals surface area contributed by atoms with Crippen LogP contribution in [0, 0.1) is 0 Å². The van der Waals surface area contributed by atoms with Crippen LogP contribution in [0.5, 0.6) is 0 Å². The normalized spacial score (nSPS) is 12.1. The van der Waals surface area contributed by atoms with Crippen molar-refractivity contribution in [3.63, 3.8) is 0 Å². The van der Waals surface area contributed by atoms with Crippen molar-refractivity contribution in [2.75, 3.05) is 18.4 Å².